The van der Waals surface area contributed by atoms with E-state index in [2.05, 4.69) is 32.6 Å². The second-order valence-electron chi connectivity index (χ2n) is 8.95. The van der Waals surface area contributed by atoms with E-state index < -0.39 is 17.6 Å². The highest BCUT2D eigenvalue weighted by atomic mass is 35.5. The molecule has 0 bridgehead atoms. The summed E-state index contributed by atoms with van der Waals surface area (Å²) in [4.78, 5) is 2.34. The molecule has 0 N–H and O–H groups in total. The molecule has 37 heavy (non-hydrogen) atoms. The molecule has 0 radical (unpaired) electrons. The molecule has 2 aliphatic heterocycles. The highest BCUT2D eigenvalue weighted by molar-refractivity contribution is 5.85. The second kappa shape index (κ2) is 10.7. The number of halogens is 4. The standard InChI is InChI=1S/C25H26F3N5O3.ClH/c1-34-21-7-4-3-6-17(21)14-32-11-5-10-24(16-32)13-18(15-36-24)20-12-19(8-9-22(20)35-2)33-23(25(26,27)28)29-30-31-33;/h3-4,6-9,12-13H,5,10-11,14-16H2,1-2H3;1H. The quantitative estimate of drug-likeness (QED) is 0.456. The van der Waals surface area contributed by atoms with Crippen molar-refractivity contribution < 1.29 is 27.4 Å². The fourth-order valence-electron chi connectivity index (χ4n) is 4.98. The van der Waals surface area contributed by atoms with Gasteiger partial charge in [-0.3, -0.25) is 4.90 Å². The van der Waals surface area contributed by atoms with Gasteiger partial charge in [0.2, 0.25) is 0 Å². The van der Waals surface area contributed by atoms with Crippen LogP contribution in [0.5, 0.6) is 11.5 Å². The van der Waals surface area contributed by atoms with E-state index in [-0.39, 0.29) is 18.1 Å². The Morgan fingerprint density at radius 2 is 1.86 bits per heavy atom. The number of hydrogen-bond donors (Lipinski definition) is 0. The van der Waals surface area contributed by atoms with Crippen LogP contribution >= 0.6 is 12.4 Å². The van der Waals surface area contributed by atoms with Gasteiger partial charge in [0.1, 0.15) is 17.1 Å². The lowest BCUT2D eigenvalue weighted by Gasteiger charge is -2.39. The van der Waals surface area contributed by atoms with Gasteiger partial charge in [0.25, 0.3) is 5.82 Å². The summed E-state index contributed by atoms with van der Waals surface area (Å²) in [6.45, 7) is 2.69. The molecule has 3 aromatic rings. The van der Waals surface area contributed by atoms with Crippen LogP contribution in [0.1, 0.15) is 29.8 Å². The van der Waals surface area contributed by atoms with Crippen LogP contribution in [-0.2, 0) is 17.5 Å². The number of alkyl halides is 3. The summed E-state index contributed by atoms with van der Waals surface area (Å²) in [6, 6.07) is 12.7. The summed E-state index contributed by atoms with van der Waals surface area (Å²) in [5.74, 6) is 0.197. The number of para-hydroxylation sites is 1. The monoisotopic (exact) mass is 537 g/mol. The van der Waals surface area contributed by atoms with E-state index in [1.807, 2.05) is 18.2 Å². The molecule has 1 atom stereocenters. The van der Waals surface area contributed by atoms with Gasteiger partial charge in [0, 0.05) is 24.2 Å². The maximum atomic E-state index is 13.4. The number of ether oxygens (including phenoxy) is 3. The molecule has 12 heteroatoms. The number of tetrazole rings is 1. The van der Waals surface area contributed by atoms with Crippen LogP contribution in [0.4, 0.5) is 13.2 Å². The Morgan fingerprint density at radius 1 is 1.08 bits per heavy atom. The first-order valence-electron chi connectivity index (χ1n) is 11.6. The number of aromatic nitrogens is 4. The number of benzene rings is 2. The zero-order valence-corrected chi connectivity index (χ0v) is 21.2. The Labute approximate surface area is 218 Å². The van der Waals surface area contributed by atoms with Crippen LogP contribution in [0.15, 0.2) is 48.5 Å². The third kappa shape index (κ3) is 5.43. The molecule has 3 heterocycles. The topological polar surface area (TPSA) is 74.5 Å². The minimum Gasteiger partial charge on any atom is -0.496 e. The highest BCUT2D eigenvalue weighted by Gasteiger charge is 2.40. The van der Waals surface area contributed by atoms with Crippen molar-refractivity contribution in [2.75, 3.05) is 33.9 Å². The van der Waals surface area contributed by atoms with Crippen molar-refractivity contribution in [2.24, 2.45) is 0 Å². The summed E-state index contributed by atoms with van der Waals surface area (Å²) >= 11 is 0. The number of rotatable bonds is 6. The summed E-state index contributed by atoms with van der Waals surface area (Å²) in [7, 11) is 3.19. The molecule has 5 rings (SSSR count). The summed E-state index contributed by atoms with van der Waals surface area (Å²) in [6.07, 6.45) is -0.786. The van der Waals surface area contributed by atoms with Gasteiger partial charge in [-0.2, -0.15) is 17.9 Å². The molecule has 8 nitrogen and oxygen atoms in total. The van der Waals surface area contributed by atoms with Crippen molar-refractivity contribution in [3.8, 4) is 17.2 Å². The Balaban J connectivity index is 0.00000320. The first kappa shape index (κ1) is 26.9. The molecular formula is C25H27ClF3N5O3. The molecule has 0 saturated carbocycles. The Morgan fingerprint density at radius 3 is 2.62 bits per heavy atom. The molecule has 1 fully saturated rings. The van der Waals surface area contributed by atoms with E-state index in [0.717, 1.165) is 42.8 Å². The largest absolute Gasteiger partial charge is 0.496 e. The first-order valence-corrected chi connectivity index (χ1v) is 11.6. The Hall–Kier alpha value is -3.15. The maximum absolute atomic E-state index is 13.4. The van der Waals surface area contributed by atoms with Crippen molar-refractivity contribution in [1.82, 2.24) is 25.1 Å². The molecule has 2 aliphatic rings. The predicted octanol–water partition coefficient (Wildman–Crippen LogP) is 4.57. The van der Waals surface area contributed by atoms with E-state index in [1.54, 1.807) is 19.2 Å². The van der Waals surface area contributed by atoms with Gasteiger partial charge >= 0.3 is 6.18 Å². The minimum atomic E-state index is -4.68. The third-order valence-electron chi connectivity index (χ3n) is 6.60. The van der Waals surface area contributed by atoms with E-state index >= 15 is 0 Å². The van der Waals surface area contributed by atoms with E-state index in [4.69, 9.17) is 14.2 Å². The zero-order valence-electron chi connectivity index (χ0n) is 20.4. The van der Waals surface area contributed by atoms with Crippen molar-refractivity contribution >= 4 is 18.0 Å². The molecule has 0 aliphatic carbocycles. The molecule has 198 valence electrons. The van der Waals surface area contributed by atoms with Crippen LogP contribution in [0, 0.1) is 0 Å². The van der Waals surface area contributed by atoms with Crippen molar-refractivity contribution in [1.29, 1.82) is 0 Å². The van der Waals surface area contributed by atoms with Crippen molar-refractivity contribution in [3.05, 3.63) is 65.5 Å². The summed E-state index contributed by atoms with van der Waals surface area (Å²) in [5, 5.41) is 9.92. The van der Waals surface area contributed by atoms with Crippen LogP contribution in [0.25, 0.3) is 11.3 Å². The fraction of sp³-hybridized carbons (Fsp3) is 0.400. The van der Waals surface area contributed by atoms with Crippen LogP contribution in [0.3, 0.4) is 0 Å². The van der Waals surface area contributed by atoms with Crippen LogP contribution < -0.4 is 9.47 Å². The number of methoxy groups -OCH3 is 2. The smallest absolute Gasteiger partial charge is 0.453 e. The molecule has 0 amide bonds. The third-order valence-corrected chi connectivity index (χ3v) is 6.60. The van der Waals surface area contributed by atoms with Gasteiger partial charge in [-0.1, -0.05) is 18.2 Å². The van der Waals surface area contributed by atoms with Gasteiger partial charge in [0.15, 0.2) is 0 Å². The first-order chi connectivity index (χ1) is 17.3. The minimum absolute atomic E-state index is 0. The average molecular weight is 538 g/mol. The van der Waals surface area contributed by atoms with Crippen LogP contribution in [0.2, 0.25) is 0 Å². The molecule has 1 unspecified atom stereocenters. The molecule has 1 saturated heterocycles. The lowest BCUT2D eigenvalue weighted by molar-refractivity contribution is -0.146. The lowest BCUT2D eigenvalue weighted by Crippen LogP contribution is -2.46. The molecular weight excluding hydrogens is 511 g/mol. The van der Waals surface area contributed by atoms with Gasteiger partial charge in [-0.05, 0) is 65.7 Å². The van der Waals surface area contributed by atoms with E-state index in [9.17, 15) is 13.2 Å². The number of hydrogen-bond acceptors (Lipinski definition) is 7. The molecule has 2 aromatic carbocycles. The van der Waals surface area contributed by atoms with E-state index in [0.29, 0.717) is 29.1 Å². The average Bonchev–Trinajstić information content (AvgIpc) is 3.52. The van der Waals surface area contributed by atoms with Crippen molar-refractivity contribution in [2.45, 2.75) is 31.2 Å². The SMILES string of the molecule is COc1ccccc1CN1CCCC2(C=C(c3cc(-n4nnnc4C(F)(F)F)ccc3OC)CO2)C1.Cl. The zero-order chi connectivity index (χ0) is 25.3. The summed E-state index contributed by atoms with van der Waals surface area (Å²) in [5.41, 5.74) is 2.32. The number of likely N-dealkylation sites (tertiary alicyclic amines) is 1. The highest BCUT2D eigenvalue weighted by Crippen LogP contribution is 2.40. The second-order valence-corrected chi connectivity index (χ2v) is 8.95. The van der Waals surface area contributed by atoms with Gasteiger partial charge in [-0.25, -0.2) is 0 Å². The van der Waals surface area contributed by atoms with Crippen LogP contribution in [-0.4, -0.2) is 64.6 Å². The number of nitrogens with zero attached hydrogens (tertiary/aromatic N) is 5. The van der Waals surface area contributed by atoms with Gasteiger partial charge in [-0.15, -0.1) is 17.5 Å². The molecule has 1 aromatic heterocycles. The Bertz CT molecular complexity index is 1280. The maximum Gasteiger partial charge on any atom is 0.453 e. The predicted molar refractivity (Wildman–Crippen MR) is 132 cm³/mol. The summed E-state index contributed by atoms with van der Waals surface area (Å²) < 4.78 is 58.1. The Kier molecular flexibility index (Phi) is 7.77. The normalized spacial score (nSPS) is 20.0. The number of piperidine rings is 1. The molecule has 1 spiro atoms. The lowest BCUT2D eigenvalue weighted by atomic mass is 9.90. The van der Waals surface area contributed by atoms with Gasteiger partial charge in [0.05, 0.1) is 26.5 Å². The fourth-order valence-corrected chi connectivity index (χ4v) is 4.98. The van der Waals surface area contributed by atoms with Crippen molar-refractivity contribution in [3.63, 3.8) is 0 Å². The van der Waals surface area contributed by atoms with E-state index in [1.165, 1.54) is 13.2 Å². The van der Waals surface area contributed by atoms with Gasteiger partial charge < -0.3 is 14.2 Å².